The van der Waals surface area contributed by atoms with Crippen molar-refractivity contribution in [3.63, 3.8) is 0 Å². The fourth-order valence-corrected chi connectivity index (χ4v) is 1.12. The Balaban J connectivity index is 2.28. The van der Waals surface area contributed by atoms with Crippen LogP contribution in [0, 0.1) is 0 Å². The first-order valence-corrected chi connectivity index (χ1v) is 3.56. The molecule has 1 heterocycles. The Morgan fingerprint density at radius 1 is 1.55 bits per heavy atom. The highest BCUT2D eigenvalue weighted by atomic mass is 19.3. The lowest BCUT2D eigenvalue weighted by Crippen LogP contribution is -2.46. The lowest BCUT2D eigenvalue weighted by Gasteiger charge is -2.18. The smallest absolute Gasteiger partial charge is 0.315 e. The van der Waals surface area contributed by atoms with Gasteiger partial charge >= 0.3 is 6.05 Å². The number of rotatable bonds is 3. The first-order chi connectivity index (χ1) is 5.14. The highest BCUT2D eigenvalue weighted by Gasteiger charge is 2.32. The summed E-state index contributed by atoms with van der Waals surface area (Å²) in [6, 6.07) is -3.64. The van der Waals surface area contributed by atoms with Crippen LogP contribution in [0.3, 0.4) is 0 Å². The van der Waals surface area contributed by atoms with Gasteiger partial charge in [0, 0.05) is 12.6 Å². The fraction of sp³-hybridized carbons (Fsp3) is 1.00. The van der Waals surface area contributed by atoms with Crippen molar-refractivity contribution in [1.29, 1.82) is 0 Å². The van der Waals surface area contributed by atoms with E-state index in [0.29, 0.717) is 13.0 Å². The van der Waals surface area contributed by atoms with Crippen LogP contribution in [-0.4, -0.2) is 31.9 Å². The first-order valence-electron chi connectivity index (χ1n) is 3.56. The molecule has 0 amide bonds. The van der Waals surface area contributed by atoms with Crippen LogP contribution in [0.25, 0.3) is 0 Å². The largest absolute Gasteiger partial charge is 0.330 e. The van der Waals surface area contributed by atoms with Gasteiger partial charge in [0.1, 0.15) is 0 Å². The molecular formula is C6H11F3N2. The van der Waals surface area contributed by atoms with Gasteiger partial charge < -0.3 is 5.32 Å². The van der Waals surface area contributed by atoms with Crippen molar-refractivity contribution in [2.24, 2.45) is 0 Å². The number of alkyl halides is 3. The summed E-state index contributed by atoms with van der Waals surface area (Å²) in [6.07, 6.45) is 0.635. The Kier molecular flexibility index (Phi) is 2.72. The molecule has 1 rings (SSSR count). The quantitative estimate of drug-likeness (QED) is 0.600. The van der Waals surface area contributed by atoms with E-state index in [-0.39, 0.29) is 6.04 Å². The van der Waals surface area contributed by atoms with Crippen LogP contribution < -0.4 is 10.6 Å². The lowest BCUT2D eigenvalue weighted by atomic mass is 10.2. The lowest BCUT2D eigenvalue weighted by molar-refractivity contribution is -0.0625. The molecule has 66 valence electrons. The minimum Gasteiger partial charge on any atom is -0.315 e. The van der Waals surface area contributed by atoms with E-state index in [1.54, 1.807) is 0 Å². The summed E-state index contributed by atoms with van der Waals surface area (Å²) in [5.74, 6) is 0. The maximum absolute atomic E-state index is 12.3. The summed E-state index contributed by atoms with van der Waals surface area (Å²) in [5, 5.41) is 4.83. The van der Waals surface area contributed by atoms with Gasteiger partial charge in [0.2, 0.25) is 0 Å². The van der Waals surface area contributed by atoms with Gasteiger partial charge in [-0.3, -0.25) is 5.32 Å². The van der Waals surface area contributed by atoms with Crippen molar-refractivity contribution >= 4 is 0 Å². The highest BCUT2D eigenvalue weighted by Crippen LogP contribution is 2.12. The third-order valence-electron chi connectivity index (χ3n) is 1.64. The Bertz CT molecular complexity index is 123. The molecule has 1 atom stereocenters. The van der Waals surface area contributed by atoms with Crippen LogP contribution in [0.2, 0.25) is 0 Å². The van der Waals surface area contributed by atoms with E-state index in [4.69, 9.17) is 0 Å². The molecule has 5 heteroatoms. The van der Waals surface area contributed by atoms with E-state index in [1.165, 1.54) is 0 Å². The molecule has 0 aromatic carbocycles. The maximum Gasteiger partial charge on any atom is 0.330 e. The molecule has 1 fully saturated rings. The van der Waals surface area contributed by atoms with Crippen LogP contribution in [0.5, 0.6) is 0 Å². The Morgan fingerprint density at radius 2 is 2.27 bits per heavy atom. The van der Waals surface area contributed by atoms with E-state index in [1.807, 2.05) is 5.32 Å². The van der Waals surface area contributed by atoms with Gasteiger partial charge in [0.05, 0.1) is 0 Å². The van der Waals surface area contributed by atoms with Gasteiger partial charge in [-0.15, -0.1) is 0 Å². The van der Waals surface area contributed by atoms with Crippen LogP contribution in [0.4, 0.5) is 13.2 Å². The summed E-state index contributed by atoms with van der Waals surface area (Å²) < 4.78 is 36.2. The minimum atomic E-state index is -3.35. The molecular weight excluding hydrogens is 157 g/mol. The Hall–Kier alpha value is -0.290. The van der Waals surface area contributed by atoms with E-state index in [9.17, 15) is 13.2 Å². The minimum absolute atomic E-state index is 0.291. The third-order valence-corrected chi connectivity index (χ3v) is 1.64. The van der Waals surface area contributed by atoms with Gasteiger partial charge in [-0.1, -0.05) is 0 Å². The second-order valence-electron chi connectivity index (χ2n) is 2.67. The molecule has 1 saturated heterocycles. The predicted molar refractivity (Wildman–Crippen MR) is 35.3 cm³/mol. The Labute approximate surface area is 63.2 Å². The maximum atomic E-state index is 12.3. The zero-order chi connectivity index (χ0) is 8.32. The van der Waals surface area contributed by atoms with Gasteiger partial charge in [-0.05, 0) is 13.0 Å². The average molecular weight is 168 g/mol. The zero-order valence-electron chi connectivity index (χ0n) is 6.04. The van der Waals surface area contributed by atoms with E-state index < -0.39 is 12.7 Å². The highest BCUT2D eigenvalue weighted by molar-refractivity contribution is 4.80. The summed E-state index contributed by atoms with van der Waals surface area (Å²) >= 11 is 0. The zero-order valence-corrected chi connectivity index (χ0v) is 6.04. The molecule has 0 saturated carbocycles. The van der Waals surface area contributed by atoms with Gasteiger partial charge in [-0.2, -0.15) is 8.78 Å². The van der Waals surface area contributed by atoms with Crippen molar-refractivity contribution in [1.82, 2.24) is 10.6 Å². The summed E-state index contributed by atoms with van der Waals surface area (Å²) in [5.41, 5.74) is 0. The van der Waals surface area contributed by atoms with Crippen LogP contribution in [-0.2, 0) is 0 Å². The molecule has 1 aliphatic rings. The summed E-state index contributed by atoms with van der Waals surface area (Å²) in [7, 11) is 0. The predicted octanol–water partition coefficient (Wildman–Crippen LogP) is 0.500. The van der Waals surface area contributed by atoms with Gasteiger partial charge in [-0.25, -0.2) is 4.39 Å². The molecule has 0 aromatic rings. The first kappa shape index (κ1) is 8.80. The molecule has 2 nitrogen and oxygen atoms in total. The van der Waals surface area contributed by atoms with Crippen LogP contribution in [0.1, 0.15) is 6.42 Å². The molecule has 2 N–H and O–H groups in total. The summed E-state index contributed by atoms with van der Waals surface area (Å²) in [4.78, 5) is 0. The van der Waals surface area contributed by atoms with E-state index >= 15 is 0 Å². The SMILES string of the molecule is FCC(F)(F)NC1CCNC1. The fourth-order valence-electron chi connectivity index (χ4n) is 1.12. The molecule has 0 aliphatic carbocycles. The molecule has 0 bridgehead atoms. The number of hydrogen-bond acceptors (Lipinski definition) is 2. The molecule has 11 heavy (non-hydrogen) atoms. The number of halogens is 3. The van der Waals surface area contributed by atoms with E-state index in [2.05, 4.69) is 5.32 Å². The standard InChI is InChI=1S/C6H11F3N2/c7-4-6(8,9)11-5-1-2-10-3-5/h5,10-11H,1-4H2. The molecule has 1 aliphatic heterocycles. The van der Waals surface area contributed by atoms with Gasteiger partial charge in [0.25, 0.3) is 0 Å². The summed E-state index contributed by atoms with van der Waals surface area (Å²) in [6.45, 7) is -0.418. The van der Waals surface area contributed by atoms with Crippen LogP contribution >= 0.6 is 0 Å². The van der Waals surface area contributed by atoms with Crippen molar-refractivity contribution < 1.29 is 13.2 Å². The average Bonchev–Trinajstić information content (AvgIpc) is 2.39. The molecule has 0 radical (unpaired) electrons. The van der Waals surface area contributed by atoms with Crippen molar-refractivity contribution in [3.05, 3.63) is 0 Å². The van der Waals surface area contributed by atoms with Crippen molar-refractivity contribution in [3.8, 4) is 0 Å². The van der Waals surface area contributed by atoms with Crippen LogP contribution in [0.15, 0.2) is 0 Å². The monoisotopic (exact) mass is 168 g/mol. The van der Waals surface area contributed by atoms with Crippen molar-refractivity contribution in [2.45, 2.75) is 18.5 Å². The number of nitrogens with one attached hydrogen (secondary N) is 2. The van der Waals surface area contributed by atoms with E-state index in [0.717, 1.165) is 6.54 Å². The molecule has 0 spiro atoms. The molecule has 0 aromatic heterocycles. The third kappa shape index (κ3) is 2.67. The Morgan fingerprint density at radius 3 is 2.73 bits per heavy atom. The van der Waals surface area contributed by atoms with Crippen molar-refractivity contribution in [2.75, 3.05) is 19.8 Å². The normalized spacial score (nSPS) is 25.9. The topological polar surface area (TPSA) is 24.1 Å². The van der Waals surface area contributed by atoms with Gasteiger partial charge in [0.15, 0.2) is 6.67 Å². The molecule has 1 unspecified atom stereocenters. The second-order valence-corrected chi connectivity index (χ2v) is 2.67. The number of hydrogen-bond donors (Lipinski definition) is 2. The second kappa shape index (κ2) is 3.40.